The van der Waals surface area contributed by atoms with Gasteiger partial charge in [-0.15, -0.1) is 0 Å². The molecular formula is C26H29FN4O6. The molecule has 3 rings (SSSR count). The van der Waals surface area contributed by atoms with Gasteiger partial charge in [0.15, 0.2) is 6.61 Å². The van der Waals surface area contributed by atoms with E-state index in [-0.39, 0.29) is 24.8 Å². The molecule has 1 unspecified atom stereocenters. The van der Waals surface area contributed by atoms with Gasteiger partial charge >= 0.3 is 12.1 Å². The number of carbonyl (C=O) groups excluding carboxylic acids is 3. The molecule has 10 nitrogen and oxygen atoms in total. The number of carbonyl (C=O) groups is 3. The molecule has 0 spiro atoms. The maximum absolute atomic E-state index is 13.0. The third kappa shape index (κ3) is 9.87. The molecule has 11 heteroatoms. The van der Waals surface area contributed by atoms with Gasteiger partial charge in [-0.05, 0) is 41.8 Å². The number of hydrogen-bond acceptors (Lipinski definition) is 8. The van der Waals surface area contributed by atoms with Gasteiger partial charge in [-0.2, -0.15) is 5.26 Å². The number of halogens is 1. The molecule has 0 saturated carbocycles. The van der Waals surface area contributed by atoms with Crippen LogP contribution in [0.5, 0.6) is 0 Å². The van der Waals surface area contributed by atoms with E-state index >= 15 is 0 Å². The number of anilines is 1. The highest BCUT2D eigenvalue weighted by Gasteiger charge is 2.24. The second kappa shape index (κ2) is 14.5. The number of hydrogen-bond donors (Lipinski definition) is 2. The number of rotatable bonds is 11. The van der Waals surface area contributed by atoms with Gasteiger partial charge in [-0.1, -0.05) is 24.3 Å². The summed E-state index contributed by atoms with van der Waals surface area (Å²) in [6.07, 6.45) is -0.391. The van der Waals surface area contributed by atoms with Gasteiger partial charge in [-0.3, -0.25) is 9.69 Å². The molecule has 0 aromatic heterocycles. The van der Waals surface area contributed by atoms with Crippen LogP contribution in [0.2, 0.25) is 0 Å². The predicted molar refractivity (Wildman–Crippen MR) is 131 cm³/mol. The van der Waals surface area contributed by atoms with Crippen LogP contribution in [-0.4, -0.2) is 68.4 Å². The molecule has 37 heavy (non-hydrogen) atoms. The smallest absolute Gasteiger partial charge is 0.408 e. The number of esters is 1. The highest BCUT2D eigenvalue weighted by atomic mass is 19.1. The molecule has 1 fully saturated rings. The first-order valence-electron chi connectivity index (χ1n) is 11.8. The summed E-state index contributed by atoms with van der Waals surface area (Å²) in [5.41, 5.74) is 1.92. The lowest BCUT2D eigenvalue weighted by Gasteiger charge is -2.27. The number of nitrogens with zero attached hydrogens (tertiary/aromatic N) is 2. The Labute approximate surface area is 214 Å². The minimum atomic E-state index is -0.956. The van der Waals surface area contributed by atoms with Crippen LogP contribution < -0.4 is 10.6 Å². The highest BCUT2D eigenvalue weighted by molar-refractivity contribution is 5.92. The molecule has 196 valence electrons. The molecule has 1 aliphatic heterocycles. The maximum atomic E-state index is 13.0. The van der Waals surface area contributed by atoms with E-state index in [1.54, 1.807) is 42.5 Å². The molecule has 2 aromatic rings. The Bertz CT molecular complexity index is 1080. The van der Waals surface area contributed by atoms with E-state index in [0.29, 0.717) is 43.0 Å². The van der Waals surface area contributed by atoms with Crippen molar-refractivity contribution in [2.45, 2.75) is 25.5 Å². The Balaban J connectivity index is 1.45. The molecule has 1 saturated heterocycles. The van der Waals surface area contributed by atoms with Gasteiger partial charge < -0.3 is 24.8 Å². The fraction of sp³-hybridized carbons (Fsp3) is 0.385. The van der Waals surface area contributed by atoms with Crippen molar-refractivity contribution in [3.63, 3.8) is 0 Å². The summed E-state index contributed by atoms with van der Waals surface area (Å²) in [5, 5.41) is 13.9. The summed E-state index contributed by atoms with van der Waals surface area (Å²) >= 11 is 0. The summed E-state index contributed by atoms with van der Waals surface area (Å²) in [6, 6.07) is 13.2. The third-order valence-corrected chi connectivity index (χ3v) is 5.58. The number of nitrogens with one attached hydrogen (secondary N) is 2. The van der Waals surface area contributed by atoms with Gasteiger partial charge in [0.25, 0.3) is 0 Å². The van der Waals surface area contributed by atoms with Crippen LogP contribution in [-0.2, 0) is 36.8 Å². The molecule has 1 aliphatic rings. The molecule has 0 aliphatic carbocycles. The van der Waals surface area contributed by atoms with Crippen LogP contribution in [0.15, 0.2) is 48.5 Å². The van der Waals surface area contributed by atoms with Crippen LogP contribution in [0.4, 0.5) is 14.9 Å². The molecule has 2 amide bonds. The second-order valence-electron chi connectivity index (χ2n) is 8.33. The summed E-state index contributed by atoms with van der Waals surface area (Å²) in [5.74, 6) is -1.31. The van der Waals surface area contributed by atoms with Gasteiger partial charge in [0.2, 0.25) is 5.91 Å². The van der Waals surface area contributed by atoms with E-state index in [2.05, 4.69) is 15.5 Å². The van der Waals surface area contributed by atoms with Crippen molar-refractivity contribution in [3.05, 3.63) is 65.5 Å². The van der Waals surface area contributed by atoms with Gasteiger partial charge in [0.1, 0.15) is 24.5 Å². The maximum Gasteiger partial charge on any atom is 0.408 e. The number of benzene rings is 2. The average molecular weight is 513 g/mol. The van der Waals surface area contributed by atoms with Crippen molar-refractivity contribution in [2.24, 2.45) is 0 Å². The third-order valence-electron chi connectivity index (χ3n) is 5.58. The summed E-state index contributed by atoms with van der Waals surface area (Å²) < 4.78 is 28.4. The molecule has 2 N–H and O–H groups in total. The SMILES string of the molecule is N#CCOC(=O)C(CCN1CCOCC1)NC(=O)OCc1ccc(NC(=O)Cc2ccc(F)cc2)cc1. The minimum absolute atomic E-state index is 0.0565. The van der Waals surface area contributed by atoms with Crippen LogP contribution in [0.25, 0.3) is 0 Å². The van der Waals surface area contributed by atoms with Crippen molar-refractivity contribution < 1.29 is 33.0 Å². The molecule has 1 atom stereocenters. The predicted octanol–water partition coefficient (Wildman–Crippen LogP) is 2.39. The summed E-state index contributed by atoms with van der Waals surface area (Å²) in [6.45, 7) is 2.76. The topological polar surface area (TPSA) is 130 Å². The zero-order valence-electron chi connectivity index (χ0n) is 20.3. The first kappa shape index (κ1) is 27.6. The number of alkyl carbamates (subject to hydrolysis) is 1. The summed E-state index contributed by atoms with van der Waals surface area (Å²) in [7, 11) is 0. The fourth-order valence-corrected chi connectivity index (χ4v) is 3.60. The van der Waals surface area contributed by atoms with Gasteiger partial charge in [0, 0.05) is 25.3 Å². The van der Waals surface area contributed by atoms with Crippen molar-refractivity contribution in [1.82, 2.24) is 10.2 Å². The highest BCUT2D eigenvalue weighted by Crippen LogP contribution is 2.12. The van der Waals surface area contributed by atoms with E-state index in [4.69, 9.17) is 19.5 Å². The minimum Gasteiger partial charge on any atom is -0.449 e. The second-order valence-corrected chi connectivity index (χ2v) is 8.33. The molecule has 2 aromatic carbocycles. The Hall–Kier alpha value is -4.01. The monoisotopic (exact) mass is 512 g/mol. The van der Waals surface area contributed by atoms with Crippen molar-refractivity contribution in [3.8, 4) is 6.07 Å². The van der Waals surface area contributed by atoms with E-state index in [1.807, 2.05) is 0 Å². The Morgan fingerprint density at radius 3 is 2.38 bits per heavy atom. The lowest BCUT2D eigenvalue weighted by Crippen LogP contribution is -2.45. The average Bonchev–Trinajstić information content (AvgIpc) is 2.91. The molecule has 0 radical (unpaired) electrons. The summed E-state index contributed by atoms with van der Waals surface area (Å²) in [4.78, 5) is 39.0. The largest absolute Gasteiger partial charge is 0.449 e. The zero-order chi connectivity index (χ0) is 26.5. The number of amides is 2. The molecule has 1 heterocycles. The molecule has 0 bridgehead atoms. The van der Waals surface area contributed by atoms with Crippen molar-refractivity contribution >= 4 is 23.7 Å². The first-order chi connectivity index (χ1) is 17.9. The number of nitriles is 1. The zero-order valence-corrected chi connectivity index (χ0v) is 20.3. The Morgan fingerprint density at radius 2 is 1.70 bits per heavy atom. The fourth-order valence-electron chi connectivity index (χ4n) is 3.60. The lowest BCUT2D eigenvalue weighted by molar-refractivity contribution is -0.145. The van der Waals surface area contributed by atoms with E-state index in [9.17, 15) is 18.8 Å². The molecular weight excluding hydrogens is 483 g/mol. The standard InChI is InChI=1S/C26H29FN4O6/c27-21-5-1-19(2-6-21)17-24(32)29-22-7-3-20(4-8-22)18-37-26(34)30-23(25(33)36-14-10-28)9-11-31-12-15-35-16-13-31/h1-8,23H,9,11-18H2,(H,29,32)(H,30,34). The Morgan fingerprint density at radius 1 is 1.03 bits per heavy atom. The number of morpholine rings is 1. The number of ether oxygens (including phenoxy) is 3. The van der Waals surface area contributed by atoms with Crippen LogP contribution in [0, 0.1) is 17.1 Å². The first-order valence-corrected chi connectivity index (χ1v) is 11.8. The lowest BCUT2D eigenvalue weighted by atomic mass is 10.1. The van der Waals surface area contributed by atoms with E-state index in [0.717, 1.165) is 13.1 Å². The van der Waals surface area contributed by atoms with Gasteiger partial charge in [0.05, 0.1) is 19.6 Å². The van der Waals surface area contributed by atoms with Crippen LogP contribution >= 0.6 is 0 Å². The van der Waals surface area contributed by atoms with Crippen LogP contribution in [0.1, 0.15) is 17.5 Å². The van der Waals surface area contributed by atoms with Gasteiger partial charge in [-0.25, -0.2) is 14.0 Å². The van der Waals surface area contributed by atoms with Crippen LogP contribution in [0.3, 0.4) is 0 Å². The quantitative estimate of drug-likeness (QED) is 0.439. The van der Waals surface area contributed by atoms with E-state index in [1.165, 1.54) is 12.1 Å². The van der Waals surface area contributed by atoms with Crippen molar-refractivity contribution in [2.75, 3.05) is 44.8 Å². The Kier molecular flexibility index (Phi) is 10.8. The van der Waals surface area contributed by atoms with E-state index < -0.39 is 24.7 Å². The van der Waals surface area contributed by atoms with Crippen molar-refractivity contribution in [1.29, 1.82) is 5.26 Å². The normalized spacial score (nSPS) is 14.2.